The Bertz CT molecular complexity index is 1340. The number of nitrogens with zero attached hydrogens (tertiary/aromatic N) is 2. The number of aliphatic hydroxyl groups excluding tert-OH is 1. The highest BCUT2D eigenvalue weighted by Crippen LogP contribution is 2.35. The van der Waals surface area contributed by atoms with Crippen LogP contribution < -0.4 is 4.74 Å². The van der Waals surface area contributed by atoms with Crippen LogP contribution in [0.3, 0.4) is 0 Å². The molecule has 6 nitrogen and oxygen atoms in total. The zero-order valence-electron chi connectivity index (χ0n) is 17.8. The zero-order chi connectivity index (χ0) is 23.9. The van der Waals surface area contributed by atoms with Crippen molar-refractivity contribution in [3.63, 3.8) is 0 Å². The van der Waals surface area contributed by atoms with E-state index in [-0.39, 0.29) is 22.9 Å². The highest BCUT2D eigenvalue weighted by molar-refractivity contribution is 5.77. The zero-order valence-corrected chi connectivity index (χ0v) is 17.8. The van der Waals surface area contributed by atoms with Crippen molar-refractivity contribution in [2.24, 2.45) is 0 Å². The predicted octanol–water partition coefficient (Wildman–Crippen LogP) is 4.85. The number of halogens is 3. The summed E-state index contributed by atoms with van der Waals surface area (Å²) >= 11 is 0. The molecule has 2 aromatic carbocycles. The Balaban J connectivity index is 1.40. The average molecular weight is 467 g/mol. The second-order valence-corrected chi connectivity index (χ2v) is 7.92. The minimum Gasteiger partial charge on any atom is -0.452 e. The smallest absolute Gasteiger partial charge is 0.314 e. The number of aromatic amines is 1. The first-order valence-electron chi connectivity index (χ1n) is 10.6. The normalized spacial score (nSPS) is 19.4. The molecular weight excluding hydrogens is 447 g/mol. The molecule has 174 valence electrons. The lowest BCUT2D eigenvalue weighted by molar-refractivity contribution is -0.118. The molecular formula is C25H20F3N3O3. The van der Waals surface area contributed by atoms with Gasteiger partial charge in [-0.2, -0.15) is 13.8 Å². The van der Waals surface area contributed by atoms with Gasteiger partial charge in [0.15, 0.2) is 17.6 Å². The lowest BCUT2D eigenvalue weighted by Crippen LogP contribution is -2.43. The van der Waals surface area contributed by atoms with E-state index >= 15 is 0 Å². The van der Waals surface area contributed by atoms with Crippen LogP contribution in [0.25, 0.3) is 39.6 Å². The van der Waals surface area contributed by atoms with E-state index in [1.165, 1.54) is 6.07 Å². The fourth-order valence-electron chi connectivity index (χ4n) is 3.84. The van der Waals surface area contributed by atoms with Crippen LogP contribution in [-0.2, 0) is 4.74 Å². The summed E-state index contributed by atoms with van der Waals surface area (Å²) in [5.74, 6) is -3.99. The number of rotatable bonds is 6. The Labute approximate surface area is 192 Å². The maximum atomic E-state index is 14.8. The first kappa shape index (κ1) is 22.1. The lowest BCUT2D eigenvalue weighted by atomic mass is 10.0. The fraction of sp³-hybridized carbons (Fsp3) is 0.200. The third-order valence-corrected chi connectivity index (χ3v) is 5.77. The second-order valence-electron chi connectivity index (χ2n) is 7.92. The molecule has 1 fully saturated rings. The maximum Gasteiger partial charge on any atom is 0.314 e. The summed E-state index contributed by atoms with van der Waals surface area (Å²) in [6.07, 6.45) is -1.52. The Kier molecular flexibility index (Phi) is 5.59. The number of hydrogen-bond donors (Lipinski definition) is 2. The summed E-state index contributed by atoms with van der Waals surface area (Å²) in [7, 11) is 0. The van der Waals surface area contributed by atoms with Gasteiger partial charge in [0.05, 0.1) is 18.7 Å². The quantitative estimate of drug-likeness (QED) is 0.424. The number of pyridine rings is 1. The molecule has 2 N–H and O–H groups in total. The van der Waals surface area contributed by atoms with Crippen LogP contribution in [0.5, 0.6) is 6.01 Å². The van der Waals surface area contributed by atoms with Crippen molar-refractivity contribution < 1.29 is 27.8 Å². The molecule has 0 spiro atoms. The molecule has 34 heavy (non-hydrogen) atoms. The van der Waals surface area contributed by atoms with Gasteiger partial charge in [-0.05, 0) is 16.7 Å². The third-order valence-electron chi connectivity index (χ3n) is 5.77. The number of H-pyrrole nitrogens is 1. The standard InChI is InChI=1S/C25H20F3N3O3/c1-2-14-3-5-15(6-4-14)16-7-9-17(10-8-16)22-18(26)11-19-23(30-22)31-24(29-19)34-21-13-33-20(12-32)25(21,27)28/h2-11,20-21,32H,1,12-13H2,(H,29,30,31)/t20-,21-/m1/s1. The van der Waals surface area contributed by atoms with Gasteiger partial charge < -0.3 is 19.6 Å². The van der Waals surface area contributed by atoms with Gasteiger partial charge >= 0.3 is 5.92 Å². The summed E-state index contributed by atoms with van der Waals surface area (Å²) in [5, 5.41) is 9.03. The summed E-state index contributed by atoms with van der Waals surface area (Å²) in [4.78, 5) is 11.0. The van der Waals surface area contributed by atoms with E-state index < -0.39 is 37.2 Å². The van der Waals surface area contributed by atoms with Crippen LogP contribution in [-0.4, -0.2) is 51.4 Å². The summed E-state index contributed by atoms with van der Waals surface area (Å²) < 4.78 is 53.4. The van der Waals surface area contributed by atoms with Crippen LogP contribution in [0.15, 0.2) is 61.2 Å². The molecule has 0 bridgehead atoms. The molecule has 0 unspecified atom stereocenters. The molecule has 2 atom stereocenters. The second kappa shape index (κ2) is 8.58. The van der Waals surface area contributed by atoms with Gasteiger partial charge in [-0.1, -0.05) is 61.2 Å². The Morgan fingerprint density at radius 1 is 1.09 bits per heavy atom. The van der Waals surface area contributed by atoms with Crippen molar-refractivity contribution in [3.05, 3.63) is 72.6 Å². The van der Waals surface area contributed by atoms with E-state index in [2.05, 4.69) is 21.5 Å². The van der Waals surface area contributed by atoms with Gasteiger partial charge in [-0.25, -0.2) is 9.37 Å². The minimum absolute atomic E-state index is 0.0778. The number of hydrogen-bond acceptors (Lipinski definition) is 5. The van der Waals surface area contributed by atoms with E-state index in [1.807, 2.05) is 36.4 Å². The number of ether oxygens (including phenoxy) is 2. The molecule has 9 heteroatoms. The number of aliphatic hydroxyl groups is 1. The number of imidazole rings is 1. The van der Waals surface area contributed by atoms with E-state index in [9.17, 15) is 13.2 Å². The molecule has 3 heterocycles. The number of alkyl halides is 2. The van der Waals surface area contributed by atoms with Crippen LogP contribution in [0.4, 0.5) is 13.2 Å². The molecule has 0 radical (unpaired) electrons. The lowest BCUT2D eigenvalue weighted by Gasteiger charge is -2.20. The summed E-state index contributed by atoms with van der Waals surface area (Å²) in [6, 6.07) is 16.1. The van der Waals surface area contributed by atoms with Crippen molar-refractivity contribution in [2.75, 3.05) is 13.2 Å². The Morgan fingerprint density at radius 2 is 1.74 bits per heavy atom. The van der Waals surface area contributed by atoms with Crippen molar-refractivity contribution in [1.29, 1.82) is 0 Å². The molecule has 0 saturated carbocycles. The van der Waals surface area contributed by atoms with E-state index in [0.717, 1.165) is 16.7 Å². The van der Waals surface area contributed by atoms with Gasteiger partial charge in [0.25, 0.3) is 6.01 Å². The van der Waals surface area contributed by atoms with E-state index in [1.54, 1.807) is 18.2 Å². The molecule has 5 rings (SSSR count). The SMILES string of the molecule is C=Cc1ccc(-c2ccc(-c3nc4nc(O[C@@H]5CO[C@H](CO)C5(F)F)[nH]c4cc3F)cc2)cc1. The molecule has 1 aliphatic rings. The Morgan fingerprint density at radius 3 is 2.35 bits per heavy atom. The molecule has 2 aromatic heterocycles. The number of benzene rings is 2. The average Bonchev–Trinajstić information content (AvgIpc) is 3.37. The van der Waals surface area contributed by atoms with Crippen molar-refractivity contribution in [3.8, 4) is 28.4 Å². The number of fused-ring (bicyclic) bond motifs is 1. The van der Waals surface area contributed by atoms with Crippen molar-refractivity contribution in [2.45, 2.75) is 18.1 Å². The van der Waals surface area contributed by atoms with Crippen LogP contribution in [0.1, 0.15) is 5.56 Å². The van der Waals surface area contributed by atoms with Crippen LogP contribution in [0.2, 0.25) is 0 Å². The van der Waals surface area contributed by atoms with Crippen LogP contribution in [0, 0.1) is 5.82 Å². The summed E-state index contributed by atoms with van der Waals surface area (Å²) in [5.41, 5.74) is 3.92. The summed E-state index contributed by atoms with van der Waals surface area (Å²) in [6.45, 7) is 2.50. The first-order chi connectivity index (χ1) is 16.4. The van der Waals surface area contributed by atoms with Gasteiger partial charge in [-0.3, -0.25) is 0 Å². The van der Waals surface area contributed by atoms with E-state index in [4.69, 9.17) is 14.6 Å². The third kappa shape index (κ3) is 3.93. The largest absolute Gasteiger partial charge is 0.452 e. The first-order valence-corrected chi connectivity index (χ1v) is 10.6. The molecule has 0 aliphatic carbocycles. The fourth-order valence-corrected chi connectivity index (χ4v) is 3.84. The van der Waals surface area contributed by atoms with E-state index in [0.29, 0.717) is 5.56 Å². The van der Waals surface area contributed by atoms with Crippen molar-refractivity contribution >= 4 is 17.2 Å². The molecule has 0 amide bonds. The number of nitrogens with one attached hydrogen (secondary N) is 1. The highest BCUT2D eigenvalue weighted by atomic mass is 19.3. The maximum absolute atomic E-state index is 14.8. The molecule has 1 aliphatic heterocycles. The van der Waals surface area contributed by atoms with Gasteiger partial charge in [0.1, 0.15) is 11.8 Å². The number of aromatic nitrogens is 3. The van der Waals surface area contributed by atoms with Crippen molar-refractivity contribution in [1.82, 2.24) is 15.0 Å². The Hall–Kier alpha value is -3.69. The molecule has 1 saturated heterocycles. The van der Waals surface area contributed by atoms with Crippen LogP contribution >= 0.6 is 0 Å². The minimum atomic E-state index is -3.40. The predicted molar refractivity (Wildman–Crippen MR) is 121 cm³/mol. The van der Waals surface area contributed by atoms with Gasteiger partial charge in [0.2, 0.25) is 0 Å². The topological polar surface area (TPSA) is 80.3 Å². The highest BCUT2D eigenvalue weighted by Gasteiger charge is 2.55. The van der Waals surface area contributed by atoms with Gasteiger partial charge in [-0.15, -0.1) is 0 Å². The van der Waals surface area contributed by atoms with Gasteiger partial charge in [0, 0.05) is 11.6 Å². The molecule has 4 aromatic rings. The monoisotopic (exact) mass is 467 g/mol.